The topological polar surface area (TPSA) is 103 Å². The molecule has 1 fully saturated rings. The van der Waals surface area contributed by atoms with Gasteiger partial charge in [-0.25, -0.2) is 18.7 Å². The van der Waals surface area contributed by atoms with Crippen LogP contribution in [0.1, 0.15) is 17.4 Å². The Hall–Kier alpha value is -3.80. The first-order chi connectivity index (χ1) is 18.0. The number of aromatic nitrogens is 4. The molecule has 37 heavy (non-hydrogen) atoms. The molecular weight excluding hydrogens is 484 g/mol. The second-order valence-corrected chi connectivity index (χ2v) is 8.42. The second-order valence-electron chi connectivity index (χ2n) is 8.42. The molecule has 11 heteroatoms. The fraction of sp³-hybridized carbons (Fsp3) is 0.308. The van der Waals surface area contributed by atoms with Crippen LogP contribution in [0.15, 0.2) is 48.8 Å². The average Bonchev–Trinajstić information content (AvgIpc) is 2.93. The highest BCUT2D eigenvalue weighted by Gasteiger charge is 2.22. The van der Waals surface area contributed by atoms with Gasteiger partial charge < -0.3 is 24.2 Å². The van der Waals surface area contributed by atoms with Gasteiger partial charge in [-0.3, -0.25) is 0 Å². The number of aliphatic hydroxyl groups is 1. The molecule has 3 heterocycles. The van der Waals surface area contributed by atoms with E-state index in [4.69, 9.17) is 14.2 Å². The molecule has 4 aromatic rings. The number of benzene rings is 2. The summed E-state index contributed by atoms with van der Waals surface area (Å²) in [6.07, 6.45) is -0.145. The SMILES string of the molecule is COCCOc1ccc(C(O)c2cc(-c3ncnc4cc(N5CCOCC5)ccc34)c(F)cc2F)nn1. The van der Waals surface area contributed by atoms with Crippen molar-refractivity contribution in [2.24, 2.45) is 0 Å². The van der Waals surface area contributed by atoms with Crippen molar-refractivity contribution in [3.05, 3.63) is 71.7 Å². The summed E-state index contributed by atoms with van der Waals surface area (Å²) in [4.78, 5) is 10.8. The number of nitrogens with zero attached hydrogens (tertiary/aromatic N) is 5. The van der Waals surface area contributed by atoms with E-state index < -0.39 is 17.7 Å². The van der Waals surface area contributed by atoms with E-state index in [9.17, 15) is 9.50 Å². The van der Waals surface area contributed by atoms with Crippen LogP contribution in [0, 0.1) is 11.6 Å². The van der Waals surface area contributed by atoms with Crippen LogP contribution in [0.25, 0.3) is 22.2 Å². The number of aliphatic hydroxyl groups excluding tert-OH is 1. The minimum Gasteiger partial charge on any atom is -0.474 e. The Morgan fingerprint density at radius 3 is 2.59 bits per heavy atom. The maximum absolute atomic E-state index is 15.0. The lowest BCUT2D eigenvalue weighted by Crippen LogP contribution is -2.36. The lowest BCUT2D eigenvalue weighted by molar-refractivity contribution is 0.122. The highest BCUT2D eigenvalue weighted by atomic mass is 19.1. The molecule has 0 radical (unpaired) electrons. The van der Waals surface area contributed by atoms with Crippen molar-refractivity contribution in [3.8, 4) is 17.1 Å². The Kier molecular flexibility index (Phi) is 7.45. The number of ether oxygens (including phenoxy) is 3. The van der Waals surface area contributed by atoms with Gasteiger partial charge in [0.25, 0.3) is 0 Å². The Morgan fingerprint density at radius 1 is 1.00 bits per heavy atom. The molecule has 5 rings (SSSR count). The van der Waals surface area contributed by atoms with Gasteiger partial charge >= 0.3 is 0 Å². The van der Waals surface area contributed by atoms with Crippen molar-refractivity contribution >= 4 is 16.6 Å². The number of hydrogen-bond donors (Lipinski definition) is 1. The van der Waals surface area contributed by atoms with Crippen LogP contribution in [0.2, 0.25) is 0 Å². The Balaban J connectivity index is 1.47. The van der Waals surface area contributed by atoms with Crippen molar-refractivity contribution in [1.82, 2.24) is 20.2 Å². The number of methoxy groups -OCH3 is 1. The standard InChI is InChI=1S/C26H25F2N5O4/c1-35-10-11-37-24-5-4-22(31-32-24)26(34)19-13-18(20(27)14-21(19)28)25-17-3-2-16(12-23(17)29-15-30-25)33-6-8-36-9-7-33/h2-5,12-15,26,34H,6-11H2,1H3. The van der Waals surface area contributed by atoms with Gasteiger partial charge in [-0.2, -0.15) is 0 Å². The predicted molar refractivity (Wildman–Crippen MR) is 131 cm³/mol. The lowest BCUT2D eigenvalue weighted by Gasteiger charge is -2.29. The first kappa shape index (κ1) is 24.9. The van der Waals surface area contributed by atoms with Crippen LogP contribution in [0.5, 0.6) is 5.88 Å². The fourth-order valence-corrected chi connectivity index (χ4v) is 4.18. The fourth-order valence-electron chi connectivity index (χ4n) is 4.18. The Morgan fingerprint density at radius 2 is 1.84 bits per heavy atom. The van der Waals surface area contributed by atoms with Gasteiger partial charge in [0.15, 0.2) is 0 Å². The highest BCUT2D eigenvalue weighted by Crippen LogP contribution is 2.34. The van der Waals surface area contributed by atoms with Gasteiger partial charge in [0.2, 0.25) is 5.88 Å². The number of anilines is 1. The molecule has 192 valence electrons. The molecule has 1 aliphatic rings. The maximum atomic E-state index is 15.0. The van der Waals surface area contributed by atoms with E-state index in [1.54, 1.807) is 7.11 Å². The van der Waals surface area contributed by atoms with Crippen LogP contribution < -0.4 is 9.64 Å². The van der Waals surface area contributed by atoms with Crippen molar-refractivity contribution in [2.75, 3.05) is 51.5 Å². The molecule has 2 aromatic carbocycles. The summed E-state index contributed by atoms with van der Waals surface area (Å²) in [5.41, 5.74) is 1.85. The lowest BCUT2D eigenvalue weighted by atomic mass is 9.98. The monoisotopic (exact) mass is 509 g/mol. The molecule has 0 aliphatic carbocycles. The normalized spacial score (nSPS) is 14.6. The minimum absolute atomic E-state index is 0.0365. The van der Waals surface area contributed by atoms with Crippen molar-refractivity contribution in [3.63, 3.8) is 0 Å². The summed E-state index contributed by atoms with van der Waals surface area (Å²) in [5.74, 6) is -1.49. The highest BCUT2D eigenvalue weighted by molar-refractivity contribution is 5.94. The van der Waals surface area contributed by atoms with Gasteiger partial charge in [0, 0.05) is 54.5 Å². The van der Waals surface area contributed by atoms with Gasteiger partial charge in [0.1, 0.15) is 30.7 Å². The first-order valence-electron chi connectivity index (χ1n) is 11.8. The van der Waals surface area contributed by atoms with Gasteiger partial charge in [-0.1, -0.05) is 0 Å². The van der Waals surface area contributed by atoms with E-state index in [2.05, 4.69) is 25.1 Å². The molecule has 1 aliphatic heterocycles. The summed E-state index contributed by atoms with van der Waals surface area (Å²) < 4.78 is 45.5. The predicted octanol–water partition coefficient (Wildman–Crippen LogP) is 3.31. The van der Waals surface area contributed by atoms with Gasteiger partial charge in [0.05, 0.1) is 36.7 Å². The molecule has 1 atom stereocenters. The van der Waals surface area contributed by atoms with Gasteiger partial charge in [-0.05, 0) is 30.3 Å². The van der Waals surface area contributed by atoms with E-state index in [1.807, 2.05) is 18.2 Å². The molecular formula is C26H25F2N5O4. The summed E-state index contributed by atoms with van der Waals surface area (Å²) in [6, 6.07) is 10.6. The van der Waals surface area contributed by atoms with Crippen LogP contribution in [-0.4, -0.2) is 71.9 Å². The smallest absolute Gasteiger partial charge is 0.233 e. The minimum atomic E-state index is -1.49. The third kappa shape index (κ3) is 5.33. The molecule has 0 bridgehead atoms. The average molecular weight is 510 g/mol. The summed E-state index contributed by atoms with van der Waals surface area (Å²) >= 11 is 0. The molecule has 1 N–H and O–H groups in total. The quantitative estimate of drug-likeness (QED) is 0.359. The van der Waals surface area contributed by atoms with Crippen LogP contribution in [0.3, 0.4) is 0 Å². The van der Waals surface area contributed by atoms with E-state index in [-0.39, 0.29) is 35.0 Å². The van der Waals surface area contributed by atoms with E-state index in [0.29, 0.717) is 30.7 Å². The third-order valence-electron chi connectivity index (χ3n) is 6.11. The summed E-state index contributed by atoms with van der Waals surface area (Å²) in [7, 11) is 1.55. The Labute approximate surface area is 211 Å². The second kappa shape index (κ2) is 11.1. The maximum Gasteiger partial charge on any atom is 0.233 e. The molecule has 0 spiro atoms. The molecule has 1 unspecified atom stereocenters. The zero-order valence-electron chi connectivity index (χ0n) is 20.1. The van der Waals surface area contributed by atoms with Crippen molar-refractivity contribution < 1.29 is 28.1 Å². The van der Waals surface area contributed by atoms with Crippen LogP contribution in [-0.2, 0) is 9.47 Å². The van der Waals surface area contributed by atoms with Gasteiger partial charge in [-0.15, -0.1) is 10.2 Å². The number of rotatable bonds is 8. The summed E-state index contributed by atoms with van der Waals surface area (Å²) in [5, 5.41) is 19.3. The number of fused-ring (bicyclic) bond motifs is 1. The van der Waals surface area contributed by atoms with Crippen molar-refractivity contribution in [2.45, 2.75) is 6.10 Å². The number of morpholine rings is 1. The van der Waals surface area contributed by atoms with Crippen molar-refractivity contribution in [1.29, 1.82) is 0 Å². The van der Waals surface area contributed by atoms with Crippen LogP contribution in [0.4, 0.5) is 14.5 Å². The van der Waals surface area contributed by atoms with E-state index >= 15 is 4.39 Å². The third-order valence-corrected chi connectivity index (χ3v) is 6.11. The van der Waals surface area contributed by atoms with E-state index in [1.165, 1.54) is 24.5 Å². The Bertz CT molecular complexity index is 1380. The molecule has 9 nitrogen and oxygen atoms in total. The largest absolute Gasteiger partial charge is 0.474 e. The molecule has 2 aromatic heterocycles. The zero-order valence-corrected chi connectivity index (χ0v) is 20.1. The zero-order chi connectivity index (χ0) is 25.8. The molecule has 0 amide bonds. The molecule has 1 saturated heterocycles. The summed E-state index contributed by atoms with van der Waals surface area (Å²) in [6.45, 7) is 3.48. The molecule has 0 saturated carbocycles. The van der Waals surface area contributed by atoms with E-state index in [0.717, 1.165) is 24.8 Å². The van der Waals surface area contributed by atoms with Crippen LogP contribution >= 0.6 is 0 Å². The number of hydrogen-bond acceptors (Lipinski definition) is 9. The number of halogens is 2. The first-order valence-corrected chi connectivity index (χ1v) is 11.8.